The molecule has 0 spiro atoms. The highest BCUT2D eigenvalue weighted by molar-refractivity contribution is 8.15. The number of nitrogens with one attached hydrogen (secondary N) is 1. The highest BCUT2D eigenvalue weighted by Crippen LogP contribution is 2.66. The zero-order valence-electron chi connectivity index (χ0n) is 17.8. The van der Waals surface area contributed by atoms with Crippen molar-refractivity contribution in [2.24, 2.45) is 16.6 Å². The lowest BCUT2D eigenvalue weighted by Crippen LogP contribution is -2.44. The van der Waals surface area contributed by atoms with E-state index in [0.29, 0.717) is 17.5 Å². The maximum atomic E-state index is 15.0. The van der Waals surface area contributed by atoms with Gasteiger partial charge in [-0.2, -0.15) is 5.26 Å². The second-order valence-electron chi connectivity index (χ2n) is 8.87. The van der Waals surface area contributed by atoms with E-state index in [1.165, 1.54) is 48.3 Å². The number of thioether (sulfide) groups is 1. The van der Waals surface area contributed by atoms with Crippen molar-refractivity contribution < 1.29 is 13.6 Å². The molecule has 2 saturated carbocycles. The lowest BCUT2D eigenvalue weighted by atomic mass is 9.84. The maximum absolute atomic E-state index is 15.0. The molecular weight excluding hydrogens is 444 g/mol. The maximum Gasteiger partial charge on any atom is 0.237 e. The van der Waals surface area contributed by atoms with Crippen LogP contribution in [0.15, 0.2) is 41.5 Å². The molecule has 1 aromatic heterocycles. The van der Waals surface area contributed by atoms with Crippen molar-refractivity contribution in [2.45, 2.75) is 42.5 Å². The number of rotatable bonds is 5. The number of carbonyl (C=O) groups is 1. The van der Waals surface area contributed by atoms with Gasteiger partial charge in [-0.15, -0.1) is 0 Å². The molecule has 3 atom stereocenters. The van der Waals surface area contributed by atoms with Crippen LogP contribution >= 0.6 is 11.8 Å². The van der Waals surface area contributed by atoms with Crippen molar-refractivity contribution in [3.63, 3.8) is 0 Å². The SMILES string of the molecule is C[C@]1(c2cc(/C=C(\F)c3ccc(C#N)cn3)ccc2F)N=C(N)S[C@@]2(C(=O)NC3CC3)C[C@H]21. The van der Waals surface area contributed by atoms with E-state index in [2.05, 4.69) is 15.3 Å². The molecule has 0 bridgehead atoms. The molecule has 3 aliphatic rings. The summed E-state index contributed by atoms with van der Waals surface area (Å²) in [6, 6.07) is 9.32. The van der Waals surface area contributed by atoms with Crippen molar-refractivity contribution in [1.82, 2.24) is 10.3 Å². The van der Waals surface area contributed by atoms with E-state index in [-0.39, 0.29) is 34.3 Å². The smallest absolute Gasteiger partial charge is 0.237 e. The largest absolute Gasteiger partial charge is 0.378 e. The highest BCUT2D eigenvalue weighted by Gasteiger charge is 2.70. The lowest BCUT2D eigenvalue weighted by molar-refractivity contribution is -0.121. The van der Waals surface area contributed by atoms with Crippen molar-refractivity contribution in [3.8, 4) is 6.07 Å². The summed E-state index contributed by atoms with van der Waals surface area (Å²) in [4.78, 5) is 21.5. The van der Waals surface area contributed by atoms with Crippen LogP contribution in [0.2, 0.25) is 0 Å². The second kappa shape index (κ2) is 7.66. The first-order chi connectivity index (χ1) is 15.7. The number of nitrogens with zero attached hydrogens (tertiary/aromatic N) is 3. The molecule has 2 heterocycles. The lowest BCUT2D eigenvalue weighted by Gasteiger charge is -2.34. The van der Waals surface area contributed by atoms with Gasteiger partial charge in [-0.25, -0.2) is 8.78 Å². The standard InChI is InChI=1S/C24H21F2N5OS/c1-23(20-10-24(20,33-22(28)31-23)21(32)30-15-4-5-15)16-8-13(2-6-17(16)25)9-18(26)19-7-3-14(11-27)12-29-19/h2-3,6-9,12,15,20H,4-5,10H2,1H3,(H2,28,31)(H,30,32)/b18-9-/t20-,23+,24-/m0/s1. The number of hydrogen-bond acceptors (Lipinski definition) is 6. The number of benzene rings is 1. The Balaban J connectivity index is 1.48. The molecule has 5 rings (SSSR count). The molecule has 0 radical (unpaired) electrons. The molecule has 1 aliphatic heterocycles. The third kappa shape index (κ3) is 3.78. The second-order valence-corrected chi connectivity index (χ2v) is 10.2. The van der Waals surface area contributed by atoms with Gasteiger partial charge in [-0.3, -0.25) is 14.8 Å². The number of nitriles is 1. The number of pyridine rings is 1. The number of amides is 1. The molecule has 2 fully saturated rings. The van der Waals surface area contributed by atoms with Gasteiger partial charge in [-0.1, -0.05) is 17.8 Å². The van der Waals surface area contributed by atoms with E-state index in [1.807, 2.05) is 6.07 Å². The van der Waals surface area contributed by atoms with Crippen molar-refractivity contribution >= 4 is 34.7 Å². The van der Waals surface area contributed by atoms with Crippen LogP contribution < -0.4 is 11.1 Å². The topological polar surface area (TPSA) is 104 Å². The Morgan fingerprint density at radius 3 is 2.82 bits per heavy atom. The van der Waals surface area contributed by atoms with Gasteiger partial charge in [0.1, 0.15) is 22.5 Å². The number of nitrogens with two attached hydrogens (primary N) is 1. The molecule has 1 aromatic carbocycles. The summed E-state index contributed by atoms with van der Waals surface area (Å²) in [7, 11) is 0. The zero-order valence-corrected chi connectivity index (χ0v) is 18.6. The van der Waals surface area contributed by atoms with Gasteiger partial charge in [0.15, 0.2) is 5.17 Å². The Hall–Kier alpha value is -3.25. The van der Waals surface area contributed by atoms with Crippen LogP contribution in [0.4, 0.5) is 8.78 Å². The van der Waals surface area contributed by atoms with Gasteiger partial charge in [0.2, 0.25) is 5.91 Å². The molecule has 0 unspecified atom stereocenters. The Bertz CT molecular complexity index is 1250. The highest BCUT2D eigenvalue weighted by atomic mass is 32.2. The molecule has 3 N–H and O–H groups in total. The number of aromatic nitrogens is 1. The van der Waals surface area contributed by atoms with Gasteiger partial charge in [0.25, 0.3) is 0 Å². The Morgan fingerprint density at radius 2 is 2.15 bits per heavy atom. The van der Waals surface area contributed by atoms with E-state index in [1.54, 1.807) is 13.0 Å². The third-order valence-electron chi connectivity index (χ3n) is 6.48. The normalized spacial score (nSPS) is 28.4. The van der Waals surface area contributed by atoms with E-state index in [9.17, 15) is 9.18 Å². The van der Waals surface area contributed by atoms with Gasteiger partial charge >= 0.3 is 0 Å². The number of amidine groups is 1. The van der Waals surface area contributed by atoms with E-state index >= 15 is 4.39 Å². The first-order valence-corrected chi connectivity index (χ1v) is 11.5. The molecule has 2 aromatic rings. The number of halogens is 2. The molecule has 168 valence electrons. The Labute approximate surface area is 194 Å². The minimum Gasteiger partial charge on any atom is -0.378 e. The monoisotopic (exact) mass is 465 g/mol. The number of hydrogen-bond donors (Lipinski definition) is 2. The van der Waals surface area contributed by atoms with Crippen LogP contribution in [0.5, 0.6) is 0 Å². The average molecular weight is 466 g/mol. The third-order valence-corrected chi connectivity index (χ3v) is 7.78. The average Bonchev–Trinajstić information content (AvgIpc) is 3.71. The van der Waals surface area contributed by atoms with E-state index < -0.39 is 21.9 Å². The quantitative estimate of drug-likeness (QED) is 0.698. The van der Waals surface area contributed by atoms with Crippen molar-refractivity contribution in [2.75, 3.05) is 0 Å². The minimum atomic E-state index is -1.05. The van der Waals surface area contributed by atoms with E-state index in [4.69, 9.17) is 11.0 Å². The fourth-order valence-corrected chi connectivity index (χ4v) is 5.83. The van der Waals surface area contributed by atoms with Crippen molar-refractivity contribution in [3.05, 3.63) is 64.7 Å². The first-order valence-electron chi connectivity index (χ1n) is 10.6. The van der Waals surface area contributed by atoms with Crippen LogP contribution in [-0.4, -0.2) is 26.8 Å². The summed E-state index contributed by atoms with van der Waals surface area (Å²) in [5, 5.41) is 12.2. The summed E-state index contributed by atoms with van der Waals surface area (Å²) in [5.41, 5.74) is 6.16. The summed E-state index contributed by atoms with van der Waals surface area (Å²) >= 11 is 1.25. The predicted octanol–water partition coefficient (Wildman–Crippen LogP) is 3.87. The molecule has 33 heavy (non-hydrogen) atoms. The minimum absolute atomic E-state index is 0.0698. The van der Waals surface area contributed by atoms with Crippen LogP contribution in [0.25, 0.3) is 11.9 Å². The summed E-state index contributed by atoms with van der Waals surface area (Å²) in [6.45, 7) is 1.78. The van der Waals surface area contributed by atoms with Gasteiger partial charge in [0.05, 0.1) is 16.8 Å². The molecule has 1 amide bonds. The molecular formula is C24H21F2N5OS. The Kier molecular flexibility index (Phi) is 5.01. The van der Waals surface area contributed by atoms with Crippen LogP contribution in [-0.2, 0) is 10.3 Å². The fraction of sp³-hybridized carbons (Fsp3) is 0.333. The van der Waals surface area contributed by atoms with Crippen molar-refractivity contribution in [1.29, 1.82) is 5.26 Å². The Morgan fingerprint density at radius 1 is 1.36 bits per heavy atom. The molecule has 6 nitrogen and oxygen atoms in total. The fourth-order valence-electron chi connectivity index (χ4n) is 4.45. The predicted molar refractivity (Wildman–Crippen MR) is 123 cm³/mol. The molecule has 9 heteroatoms. The number of aliphatic imine (C=N–C) groups is 1. The van der Waals surface area contributed by atoms with Crippen LogP contribution in [0.3, 0.4) is 0 Å². The molecule has 0 saturated heterocycles. The van der Waals surface area contributed by atoms with E-state index in [0.717, 1.165) is 12.8 Å². The zero-order chi connectivity index (χ0) is 23.4. The number of carbonyl (C=O) groups excluding carboxylic acids is 1. The van der Waals surface area contributed by atoms with Crippen LogP contribution in [0, 0.1) is 23.1 Å². The van der Waals surface area contributed by atoms with Gasteiger partial charge in [0, 0.05) is 23.7 Å². The number of fused-ring (bicyclic) bond motifs is 1. The summed E-state index contributed by atoms with van der Waals surface area (Å²) < 4.78 is 29.1. The molecule has 2 aliphatic carbocycles. The van der Waals surface area contributed by atoms with Gasteiger partial charge in [-0.05, 0) is 62.1 Å². The summed E-state index contributed by atoms with van der Waals surface area (Å²) in [5.74, 6) is -1.40. The summed E-state index contributed by atoms with van der Waals surface area (Å²) in [6.07, 6.45) is 5.03. The van der Waals surface area contributed by atoms with Crippen LogP contribution in [0.1, 0.15) is 48.6 Å². The van der Waals surface area contributed by atoms with Gasteiger partial charge < -0.3 is 11.1 Å². The first kappa shape index (κ1) is 21.6.